The van der Waals surface area contributed by atoms with Crippen LogP contribution in [0.15, 0.2) is 29.2 Å². The molecule has 0 bridgehead atoms. The van der Waals surface area contributed by atoms with Crippen molar-refractivity contribution < 1.29 is 9.59 Å². The molecular weight excluding hydrogens is 322 g/mol. The molecule has 1 atom stereocenters. The summed E-state index contributed by atoms with van der Waals surface area (Å²) in [5.41, 5.74) is 6.16. The van der Waals surface area contributed by atoms with Gasteiger partial charge in [0.05, 0.1) is 5.25 Å². The molecule has 7 heteroatoms. The third-order valence-electron chi connectivity index (χ3n) is 2.79. The smallest absolute Gasteiger partial charge is 0.233 e. The first-order valence-corrected chi connectivity index (χ1v) is 7.93. The van der Waals surface area contributed by atoms with Gasteiger partial charge >= 0.3 is 0 Å². The maximum absolute atomic E-state index is 11.9. The average molecular weight is 346 g/mol. The molecule has 2 amide bonds. The molecule has 0 saturated carbocycles. The van der Waals surface area contributed by atoms with E-state index < -0.39 is 0 Å². The third-order valence-corrected chi connectivity index (χ3v) is 3.90. The minimum absolute atomic E-state index is 0. The fourth-order valence-electron chi connectivity index (χ4n) is 1.70. The molecule has 0 fully saturated rings. The lowest BCUT2D eigenvalue weighted by atomic mass is 10.3. The van der Waals surface area contributed by atoms with Crippen LogP contribution in [0.5, 0.6) is 0 Å². The maximum atomic E-state index is 11.9. The summed E-state index contributed by atoms with van der Waals surface area (Å²) in [5, 5.41) is 5.46. The lowest BCUT2D eigenvalue weighted by Gasteiger charge is -2.12. The average Bonchev–Trinajstić information content (AvgIpc) is 2.45. The highest BCUT2D eigenvalue weighted by Gasteiger charge is 2.13. The number of hydrogen-bond donors (Lipinski definition) is 3. The van der Waals surface area contributed by atoms with Gasteiger partial charge in [0.2, 0.25) is 11.8 Å². The highest BCUT2D eigenvalue weighted by molar-refractivity contribution is 8.00. The summed E-state index contributed by atoms with van der Waals surface area (Å²) in [6.45, 7) is 4.67. The predicted octanol–water partition coefficient (Wildman–Crippen LogP) is 2.40. The third kappa shape index (κ3) is 8.26. The summed E-state index contributed by atoms with van der Waals surface area (Å²) in [6, 6.07) is 7.45. The molecule has 0 saturated heterocycles. The van der Waals surface area contributed by atoms with E-state index in [2.05, 4.69) is 10.6 Å². The summed E-state index contributed by atoms with van der Waals surface area (Å²) < 4.78 is 0. The summed E-state index contributed by atoms with van der Waals surface area (Å²) in [7, 11) is 0. The van der Waals surface area contributed by atoms with Gasteiger partial charge in [0.1, 0.15) is 0 Å². The van der Waals surface area contributed by atoms with Gasteiger partial charge in [-0.05, 0) is 50.6 Å². The number of carbonyl (C=O) groups excluding carboxylic acids is 2. The van der Waals surface area contributed by atoms with Crippen LogP contribution in [-0.2, 0) is 9.59 Å². The molecule has 0 aliphatic rings. The van der Waals surface area contributed by atoms with Crippen molar-refractivity contribution in [1.82, 2.24) is 5.32 Å². The van der Waals surface area contributed by atoms with E-state index in [0.29, 0.717) is 13.1 Å². The Morgan fingerprint density at radius 3 is 2.41 bits per heavy atom. The van der Waals surface area contributed by atoms with Crippen molar-refractivity contribution in [2.75, 3.05) is 18.4 Å². The molecule has 22 heavy (non-hydrogen) atoms. The lowest BCUT2D eigenvalue weighted by Crippen LogP contribution is -2.31. The van der Waals surface area contributed by atoms with Gasteiger partial charge in [-0.2, -0.15) is 0 Å². The van der Waals surface area contributed by atoms with Gasteiger partial charge in [-0.1, -0.05) is 0 Å². The van der Waals surface area contributed by atoms with Gasteiger partial charge in [-0.3, -0.25) is 9.59 Å². The number of thioether (sulfide) groups is 1. The van der Waals surface area contributed by atoms with Gasteiger partial charge in [0.25, 0.3) is 0 Å². The molecule has 1 unspecified atom stereocenters. The van der Waals surface area contributed by atoms with E-state index in [4.69, 9.17) is 5.73 Å². The Bertz CT molecular complexity index is 468. The van der Waals surface area contributed by atoms with Gasteiger partial charge in [-0.25, -0.2) is 0 Å². The monoisotopic (exact) mass is 345 g/mol. The van der Waals surface area contributed by atoms with Crippen LogP contribution in [0.3, 0.4) is 0 Å². The zero-order chi connectivity index (χ0) is 15.7. The largest absolute Gasteiger partial charge is 0.355 e. The number of amides is 2. The Kier molecular flexibility index (Phi) is 10.7. The number of halogens is 1. The van der Waals surface area contributed by atoms with E-state index in [-0.39, 0.29) is 29.5 Å². The summed E-state index contributed by atoms with van der Waals surface area (Å²) in [6.07, 6.45) is 1.83. The molecule has 1 aromatic carbocycles. The molecule has 0 aliphatic carbocycles. The van der Waals surface area contributed by atoms with Crippen LogP contribution in [0.4, 0.5) is 5.69 Å². The van der Waals surface area contributed by atoms with Crippen molar-refractivity contribution in [3.05, 3.63) is 24.3 Å². The van der Waals surface area contributed by atoms with Crippen molar-refractivity contribution in [1.29, 1.82) is 0 Å². The number of carbonyl (C=O) groups is 2. The highest BCUT2D eigenvalue weighted by Crippen LogP contribution is 2.24. The van der Waals surface area contributed by atoms with Crippen LogP contribution < -0.4 is 16.4 Å². The molecule has 0 aliphatic heterocycles. The highest BCUT2D eigenvalue weighted by atomic mass is 35.5. The topological polar surface area (TPSA) is 84.2 Å². The van der Waals surface area contributed by atoms with Crippen LogP contribution in [0.25, 0.3) is 0 Å². The Hall–Kier alpha value is -1.24. The number of anilines is 1. The van der Waals surface area contributed by atoms with Crippen molar-refractivity contribution >= 4 is 41.7 Å². The van der Waals surface area contributed by atoms with Crippen LogP contribution in [-0.4, -0.2) is 30.2 Å². The Morgan fingerprint density at radius 2 is 1.86 bits per heavy atom. The Morgan fingerprint density at radius 1 is 1.23 bits per heavy atom. The Labute approximate surface area is 142 Å². The number of hydrogen-bond acceptors (Lipinski definition) is 4. The van der Waals surface area contributed by atoms with Gasteiger partial charge < -0.3 is 16.4 Å². The second kappa shape index (κ2) is 11.3. The normalized spacial score (nSPS) is 11.2. The summed E-state index contributed by atoms with van der Waals surface area (Å²) in [5.74, 6) is -0.0661. The number of unbranched alkanes of at least 4 members (excludes halogenated alkanes) is 1. The zero-order valence-corrected chi connectivity index (χ0v) is 14.6. The number of nitrogens with two attached hydrogens (primary N) is 1. The Balaban J connectivity index is 0.00000441. The van der Waals surface area contributed by atoms with Crippen molar-refractivity contribution in [3.8, 4) is 0 Å². The van der Waals surface area contributed by atoms with Crippen LogP contribution in [0.1, 0.15) is 26.7 Å². The molecule has 1 aromatic rings. The molecule has 0 aromatic heterocycles. The van der Waals surface area contributed by atoms with Crippen molar-refractivity contribution in [2.24, 2.45) is 5.73 Å². The minimum atomic E-state index is -0.158. The van der Waals surface area contributed by atoms with Crippen LogP contribution in [0.2, 0.25) is 0 Å². The molecule has 0 heterocycles. The standard InChI is InChI=1S/C15H23N3O2S.ClH/c1-11(15(20)17-10-4-3-9-16)21-14-7-5-13(6-8-14)18-12(2)19;/h5-8,11H,3-4,9-10,16H2,1-2H3,(H,17,20)(H,18,19);1H. The van der Waals surface area contributed by atoms with Crippen molar-refractivity contribution in [3.63, 3.8) is 0 Å². The van der Waals surface area contributed by atoms with E-state index in [1.54, 1.807) is 0 Å². The first kappa shape index (κ1) is 20.8. The van der Waals surface area contributed by atoms with E-state index in [1.807, 2.05) is 31.2 Å². The van der Waals surface area contributed by atoms with Gasteiger partial charge in [0, 0.05) is 24.1 Å². The molecule has 4 N–H and O–H groups in total. The molecule has 5 nitrogen and oxygen atoms in total. The summed E-state index contributed by atoms with van der Waals surface area (Å²) >= 11 is 1.49. The second-order valence-corrected chi connectivity index (χ2v) is 6.17. The predicted molar refractivity (Wildman–Crippen MR) is 94.6 cm³/mol. The maximum Gasteiger partial charge on any atom is 0.233 e. The number of rotatable bonds is 8. The van der Waals surface area contributed by atoms with Crippen LogP contribution in [0, 0.1) is 0 Å². The summed E-state index contributed by atoms with van der Waals surface area (Å²) in [4.78, 5) is 23.8. The molecule has 0 radical (unpaired) electrons. The van der Waals surface area contributed by atoms with Crippen molar-refractivity contribution in [2.45, 2.75) is 36.8 Å². The second-order valence-electron chi connectivity index (χ2n) is 4.75. The molecular formula is C15H24ClN3O2S. The molecule has 1 rings (SSSR count). The quantitative estimate of drug-likeness (QED) is 0.499. The first-order chi connectivity index (χ1) is 10.0. The lowest BCUT2D eigenvalue weighted by molar-refractivity contribution is -0.120. The number of benzene rings is 1. The van der Waals surface area contributed by atoms with Crippen LogP contribution >= 0.6 is 24.2 Å². The van der Waals surface area contributed by atoms with E-state index >= 15 is 0 Å². The molecule has 124 valence electrons. The van der Waals surface area contributed by atoms with Gasteiger partial charge in [-0.15, -0.1) is 24.2 Å². The van der Waals surface area contributed by atoms with Gasteiger partial charge in [0.15, 0.2) is 0 Å². The SMILES string of the molecule is CC(=O)Nc1ccc(SC(C)C(=O)NCCCCN)cc1.Cl. The fourth-order valence-corrected chi connectivity index (χ4v) is 2.59. The zero-order valence-electron chi connectivity index (χ0n) is 12.9. The molecule has 0 spiro atoms. The fraction of sp³-hybridized carbons (Fsp3) is 0.467. The minimum Gasteiger partial charge on any atom is -0.355 e. The number of nitrogens with one attached hydrogen (secondary N) is 2. The van der Waals surface area contributed by atoms with E-state index in [1.165, 1.54) is 18.7 Å². The van der Waals surface area contributed by atoms with E-state index in [9.17, 15) is 9.59 Å². The first-order valence-electron chi connectivity index (χ1n) is 7.05. The van der Waals surface area contributed by atoms with E-state index in [0.717, 1.165) is 23.4 Å².